The zero-order chi connectivity index (χ0) is 14.3. The molecule has 0 aliphatic carbocycles. The van der Waals surface area contributed by atoms with Gasteiger partial charge in [-0.15, -0.1) is 0 Å². The lowest BCUT2D eigenvalue weighted by Gasteiger charge is -2.26. The molecule has 3 rings (SSSR count). The maximum Gasteiger partial charge on any atom is 0.170 e. The lowest BCUT2D eigenvalue weighted by atomic mass is 9.96. The van der Waals surface area contributed by atoms with Crippen LogP contribution in [0.1, 0.15) is 28.4 Å². The summed E-state index contributed by atoms with van der Waals surface area (Å²) in [5.74, 6) is -0.140. The van der Waals surface area contributed by atoms with E-state index in [0.29, 0.717) is 16.9 Å². The lowest BCUT2D eigenvalue weighted by molar-refractivity contribution is 0.0846. The molecule has 0 fully saturated rings. The third kappa shape index (κ3) is 2.34. The monoisotopic (exact) mass is 354 g/mol. The number of rotatable bonds is 1. The van der Waals surface area contributed by atoms with Gasteiger partial charge in [0.25, 0.3) is 0 Å². The molecule has 0 saturated carbocycles. The van der Waals surface area contributed by atoms with Gasteiger partial charge in [0.05, 0.1) is 17.0 Å². The first-order valence-corrected chi connectivity index (χ1v) is 7.16. The van der Waals surface area contributed by atoms with Crippen LogP contribution in [0.15, 0.2) is 40.9 Å². The van der Waals surface area contributed by atoms with Gasteiger partial charge < -0.3 is 4.74 Å². The Labute approximate surface area is 128 Å². The van der Waals surface area contributed by atoms with Crippen molar-refractivity contribution in [1.82, 2.24) is 0 Å². The molecule has 2 aromatic carbocycles. The van der Waals surface area contributed by atoms with Gasteiger partial charge in [-0.3, -0.25) is 4.79 Å². The van der Waals surface area contributed by atoms with E-state index in [0.717, 1.165) is 4.47 Å². The highest BCUT2D eigenvalue weighted by Crippen LogP contribution is 2.37. The first-order chi connectivity index (χ1) is 9.56. The van der Waals surface area contributed by atoms with Crippen molar-refractivity contribution < 1.29 is 13.9 Å². The van der Waals surface area contributed by atoms with Crippen molar-refractivity contribution >= 4 is 33.3 Å². The lowest BCUT2D eigenvalue weighted by Crippen LogP contribution is -2.21. The number of carbonyl (C=O) groups excluding carboxylic acids is 1. The third-order valence-electron chi connectivity index (χ3n) is 3.21. The van der Waals surface area contributed by atoms with E-state index in [-0.39, 0.29) is 17.2 Å². The van der Waals surface area contributed by atoms with Crippen LogP contribution in [0.4, 0.5) is 4.39 Å². The molecule has 0 N–H and O–H groups in total. The van der Waals surface area contributed by atoms with Gasteiger partial charge in [-0.2, -0.15) is 0 Å². The van der Waals surface area contributed by atoms with Crippen LogP contribution >= 0.6 is 27.5 Å². The summed E-state index contributed by atoms with van der Waals surface area (Å²) < 4.78 is 20.6. The van der Waals surface area contributed by atoms with E-state index in [9.17, 15) is 9.18 Å². The number of ketones is 1. The maximum absolute atomic E-state index is 14.0. The second-order valence-corrected chi connectivity index (χ2v) is 5.84. The van der Waals surface area contributed by atoms with Crippen molar-refractivity contribution in [2.45, 2.75) is 12.5 Å². The van der Waals surface area contributed by atoms with E-state index >= 15 is 0 Å². The number of hydrogen-bond acceptors (Lipinski definition) is 2. The quantitative estimate of drug-likeness (QED) is 0.723. The van der Waals surface area contributed by atoms with Crippen LogP contribution in [0.5, 0.6) is 5.75 Å². The number of hydrogen-bond donors (Lipinski definition) is 0. The fraction of sp³-hybridized carbons (Fsp3) is 0.133. The fourth-order valence-corrected chi connectivity index (χ4v) is 2.78. The van der Waals surface area contributed by atoms with Crippen molar-refractivity contribution in [3.05, 3.63) is 62.8 Å². The first kappa shape index (κ1) is 13.6. The largest absolute Gasteiger partial charge is 0.484 e. The average molecular weight is 356 g/mol. The molecule has 1 aliphatic heterocycles. The number of fused-ring (bicyclic) bond motifs is 1. The Morgan fingerprint density at radius 2 is 2.10 bits per heavy atom. The smallest absolute Gasteiger partial charge is 0.170 e. The molecule has 1 aliphatic rings. The Morgan fingerprint density at radius 3 is 2.90 bits per heavy atom. The molecule has 0 aromatic heterocycles. The summed E-state index contributed by atoms with van der Waals surface area (Å²) in [5.41, 5.74) is 0.817. The average Bonchev–Trinajstić information content (AvgIpc) is 2.42. The molecular formula is C15H9BrClFO2. The molecule has 0 amide bonds. The van der Waals surface area contributed by atoms with Crippen LogP contribution in [0.3, 0.4) is 0 Å². The van der Waals surface area contributed by atoms with Gasteiger partial charge in [0.2, 0.25) is 0 Å². The number of halogens is 3. The highest BCUT2D eigenvalue weighted by atomic mass is 79.9. The van der Waals surface area contributed by atoms with E-state index < -0.39 is 11.9 Å². The summed E-state index contributed by atoms with van der Waals surface area (Å²) in [6, 6.07) is 9.89. The standard InChI is InChI=1S/C15H9BrClFO2/c16-8-4-5-13-10(6-8)12(19)7-14(20-13)9-2-1-3-11(17)15(9)18/h1-6,14H,7H2. The van der Waals surface area contributed by atoms with Crippen LogP contribution in [-0.4, -0.2) is 5.78 Å². The van der Waals surface area contributed by atoms with Crippen LogP contribution in [0.2, 0.25) is 5.02 Å². The highest BCUT2D eigenvalue weighted by Gasteiger charge is 2.29. The second-order valence-electron chi connectivity index (χ2n) is 4.52. The van der Waals surface area contributed by atoms with Gasteiger partial charge in [-0.05, 0) is 24.3 Å². The van der Waals surface area contributed by atoms with Crippen molar-refractivity contribution in [2.75, 3.05) is 0 Å². The summed E-state index contributed by atoms with van der Waals surface area (Å²) in [6.45, 7) is 0. The van der Waals surface area contributed by atoms with Gasteiger partial charge in [0.1, 0.15) is 17.7 Å². The molecule has 0 bridgehead atoms. The zero-order valence-electron chi connectivity index (χ0n) is 10.2. The molecule has 5 heteroatoms. The number of Topliss-reactive ketones (excluding diaryl/α,β-unsaturated/α-hetero) is 1. The predicted octanol–water partition coefficient (Wildman–Crippen LogP) is 4.95. The molecular weight excluding hydrogens is 347 g/mol. The number of ether oxygens (including phenoxy) is 1. The van der Waals surface area contributed by atoms with Gasteiger partial charge in [0.15, 0.2) is 5.78 Å². The zero-order valence-corrected chi connectivity index (χ0v) is 12.5. The molecule has 2 aromatic rings. The minimum Gasteiger partial charge on any atom is -0.484 e. The molecule has 0 radical (unpaired) electrons. The van der Waals surface area contributed by atoms with Gasteiger partial charge in [-0.25, -0.2) is 4.39 Å². The van der Waals surface area contributed by atoms with Crippen molar-refractivity contribution in [2.24, 2.45) is 0 Å². The summed E-state index contributed by atoms with van der Waals surface area (Å²) in [5, 5.41) is 0.0279. The Hall–Kier alpha value is -1.39. The van der Waals surface area contributed by atoms with Gasteiger partial charge in [0, 0.05) is 10.0 Å². The fourth-order valence-electron chi connectivity index (χ4n) is 2.24. The van der Waals surface area contributed by atoms with Crippen molar-refractivity contribution in [3.8, 4) is 5.75 Å². The second kappa shape index (κ2) is 5.19. The predicted molar refractivity (Wildman–Crippen MR) is 77.9 cm³/mol. The van der Waals surface area contributed by atoms with E-state index in [1.54, 1.807) is 30.3 Å². The van der Waals surface area contributed by atoms with E-state index in [4.69, 9.17) is 16.3 Å². The van der Waals surface area contributed by atoms with E-state index in [2.05, 4.69) is 15.9 Å². The molecule has 102 valence electrons. The normalized spacial score (nSPS) is 17.6. The van der Waals surface area contributed by atoms with Crippen LogP contribution in [0.25, 0.3) is 0 Å². The van der Waals surface area contributed by atoms with E-state index in [1.165, 1.54) is 6.07 Å². The SMILES string of the molecule is O=C1CC(c2cccc(Cl)c2F)Oc2ccc(Br)cc21. The molecule has 0 spiro atoms. The molecule has 1 unspecified atom stereocenters. The maximum atomic E-state index is 14.0. The topological polar surface area (TPSA) is 26.3 Å². The Kier molecular flexibility index (Phi) is 3.52. The molecule has 0 saturated heterocycles. The summed E-state index contributed by atoms with van der Waals surface area (Å²) in [7, 11) is 0. The third-order valence-corrected chi connectivity index (χ3v) is 4.00. The van der Waals surface area contributed by atoms with Gasteiger partial charge >= 0.3 is 0 Å². The van der Waals surface area contributed by atoms with Crippen LogP contribution in [-0.2, 0) is 0 Å². The Morgan fingerprint density at radius 1 is 1.30 bits per heavy atom. The summed E-state index contributed by atoms with van der Waals surface area (Å²) in [4.78, 5) is 12.2. The Balaban J connectivity index is 2.01. The molecule has 2 nitrogen and oxygen atoms in total. The number of benzene rings is 2. The van der Waals surface area contributed by atoms with Crippen LogP contribution in [0, 0.1) is 5.82 Å². The highest BCUT2D eigenvalue weighted by molar-refractivity contribution is 9.10. The van der Waals surface area contributed by atoms with Crippen LogP contribution < -0.4 is 4.74 Å². The summed E-state index contributed by atoms with van der Waals surface area (Å²) in [6.07, 6.45) is -0.546. The van der Waals surface area contributed by atoms with Crippen molar-refractivity contribution in [1.29, 1.82) is 0 Å². The van der Waals surface area contributed by atoms with Crippen molar-refractivity contribution in [3.63, 3.8) is 0 Å². The Bertz CT molecular complexity index is 702. The molecule has 20 heavy (non-hydrogen) atoms. The van der Waals surface area contributed by atoms with E-state index in [1.807, 2.05) is 0 Å². The molecule has 1 heterocycles. The minimum absolute atomic E-state index is 0.0279. The molecule has 1 atom stereocenters. The number of carbonyl (C=O) groups is 1. The first-order valence-electron chi connectivity index (χ1n) is 5.99. The summed E-state index contributed by atoms with van der Waals surface area (Å²) >= 11 is 9.08. The minimum atomic E-state index is -0.644. The van der Waals surface area contributed by atoms with Gasteiger partial charge in [-0.1, -0.05) is 39.7 Å².